The molecule has 2 aromatic rings. The van der Waals surface area contributed by atoms with Crippen LogP contribution in [-0.2, 0) is 0 Å². The van der Waals surface area contributed by atoms with Gasteiger partial charge in [-0.3, -0.25) is 0 Å². The highest BCUT2D eigenvalue weighted by Crippen LogP contribution is 2.52. The average molecular weight is 385 g/mol. The lowest BCUT2D eigenvalue weighted by Crippen LogP contribution is -2.69. The molecule has 5 nitrogen and oxygen atoms in total. The van der Waals surface area contributed by atoms with Crippen molar-refractivity contribution < 1.29 is 14.9 Å². The van der Waals surface area contributed by atoms with Crippen LogP contribution in [0.1, 0.15) is 49.3 Å². The Morgan fingerprint density at radius 1 is 1.15 bits per heavy atom. The summed E-state index contributed by atoms with van der Waals surface area (Å²) in [6, 6.07) is 11.7. The van der Waals surface area contributed by atoms with Crippen LogP contribution in [0.5, 0.6) is 17.2 Å². The number of thiocarbonyl (C=S) groups is 1. The molecular formula is C21H24N2O3S. The molecule has 0 bridgehead atoms. The minimum atomic E-state index is -0.765. The summed E-state index contributed by atoms with van der Waals surface area (Å²) in [5.41, 5.74) is 2.16. The molecule has 1 fully saturated rings. The third-order valence-electron chi connectivity index (χ3n) is 5.31. The van der Waals surface area contributed by atoms with E-state index in [2.05, 4.69) is 49.6 Å². The van der Waals surface area contributed by atoms with E-state index in [0.29, 0.717) is 23.7 Å². The van der Waals surface area contributed by atoms with E-state index >= 15 is 0 Å². The Labute approximate surface area is 164 Å². The van der Waals surface area contributed by atoms with E-state index in [-0.39, 0.29) is 23.0 Å². The summed E-state index contributed by atoms with van der Waals surface area (Å²) in [6.07, 6.45) is 1.32. The van der Waals surface area contributed by atoms with Gasteiger partial charge in [0.15, 0.2) is 22.3 Å². The van der Waals surface area contributed by atoms with Gasteiger partial charge in [-0.05, 0) is 44.6 Å². The van der Waals surface area contributed by atoms with Gasteiger partial charge in [-0.15, -0.1) is 0 Å². The lowest BCUT2D eigenvalue weighted by atomic mass is 9.77. The number of benzene rings is 2. The number of hydrogen-bond donors (Lipinski definition) is 4. The molecule has 2 aliphatic heterocycles. The van der Waals surface area contributed by atoms with Crippen molar-refractivity contribution in [1.29, 1.82) is 0 Å². The largest absolute Gasteiger partial charge is 0.504 e. The van der Waals surface area contributed by atoms with Crippen molar-refractivity contribution in [3.05, 3.63) is 53.1 Å². The normalized spacial score (nSPS) is 25.9. The van der Waals surface area contributed by atoms with Gasteiger partial charge in [0.1, 0.15) is 0 Å². The first-order valence-electron chi connectivity index (χ1n) is 9.09. The zero-order valence-electron chi connectivity index (χ0n) is 15.7. The van der Waals surface area contributed by atoms with E-state index in [1.165, 1.54) is 11.6 Å². The van der Waals surface area contributed by atoms with Gasteiger partial charge in [0.25, 0.3) is 0 Å². The zero-order chi connectivity index (χ0) is 19.4. The smallest absolute Gasteiger partial charge is 0.200 e. The van der Waals surface area contributed by atoms with E-state index < -0.39 is 5.72 Å². The molecule has 2 aromatic carbocycles. The van der Waals surface area contributed by atoms with Gasteiger partial charge >= 0.3 is 0 Å². The summed E-state index contributed by atoms with van der Waals surface area (Å²) in [5, 5.41) is 27.6. The van der Waals surface area contributed by atoms with Crippen LogP contribution in [0.15, 0.2) is 36.4 Å². The van der Waals surface area contributed by atoms with Gasteiger partial charge < -0.3 is 25.6 Å². The summed E-state index contributed by atoms with van der Waals surface area (Å²) < 4.78 is 6.31. The molecule has 0 saturated carbocycles. The Morgan fingerprint density at radius 3 is 2.63 bits per heavy atom. The molecule has 0 aromatic heterocycles. The van der Waals surface area contributed by atoms with Gasteiger partial charge in [-0.1, -0.05) is 35.9 Å². The highest BCUT2D eigenvalue weighted by Gasteiger charge is 2.49. The second-order valence-corrected chi connectivity index (χ2v) is 8.67. The first-order valence-corrected chi connectivity index (χ1v) is 9.50. The van der Waals surface area contributed by atoms with Crippen LogP contribution in [0.4, 0.5) is 0 Å². The quantitative estimate of drug-likeness (QED) is 0.444. The second-order valence-electron chi connectivity index (χ2n) is 8.26. The Bertz CT molecular complexity index is 928. The predicted octanol–water partition coefficient (Wildman–Crippen LogP) is 3.66. The number of hydrogen-bond acceptors (Lipinski definition) is 4. The SMILES string of the molecule is Cc1cccc([C@H]2C[C@]3(CC(C)(C)NC(=S)N3)Oc3c2ccc(O)c3O)c1. The van der Waals surface area contributed by atoms with Crippen molar-refractivity contribution in [3.8, 4) is 17.2 Å². The highest BCUT2D eigenvalue weighted by atomic mass is 32.1. The van der Waals surface area contributed by atoms with E-state index in [0.717, 1.165) is 11.1 Å². The highest BCUT2D eigenvalue weighted by molar-refractivity contribution is 7.80. The van der Waals surface area contributed by atoms with Crippen molar-refractivity contribution in [3.63, 3.8) is 0 Å². The fourth-order valence-electron chi connectivity index (χ4n) is 4.35. The Balaban J connectivity index is 1.87. The van der Waals surface area contributed by atoms with Crippen LogP contribution in [0.25, 0.3) is 0 Å². The van der Waals surface area contributed by atoms with Gasteiger partial charge in [0, 0.05) is 29.9 Å². The molecule has 4 rings (SSSR count). The summed E-state index contributed by atoms with van der Waals surface area (Å²) in [4.78, 5) is 0. The van der Waals surface area contributed by atoms with Crippen LogP contribution in [0.3, 0.4) is 0 Å². The number of nitrogens with one attached hydrogen (secondary N) is 2. The third-order valence-corrected chi connectivity index (χ3v) is 5.52. The van der Waals surface area contributed by atoms with Crippen molar-refractivity contribution in [2.24, 2.45) is 0 Å². The van der Waals surface area contributed by atoms with Crippen LogP contribution >= 0.6 is 12.2 Å². The molecule has 2 aliphatic rings. The first-order chi connectivity index (χ1) is 12.7. The maximum absolute atomic E-state index is 10.5. The molecule has 2 heterocycles. The molecule has 27 heavy (non-hydrogen) atoms. The zero-order valence-corrected chi connectivity index (χ0v) is 16.5. The molecule has 0 aliphatic carbocycles. The maximum atomic E-state index is 10.5. The van der Waals surface area contributed by atoms with Gasteiger partial charge in [0.05, 0.1) is 0 Å². The molecule has 6 heteroatoms. The van der Waals surface area contributed by atoms with Crippen molar-refractivity contribution in [1.82, 2.24) is 10.6 Å². The Morgan fingerprint density at radius 2 is 1.93 bits per heavy atom. The standard InChI is InChI=1S/C21H24N2O3S/c1-12-5-4-6-13(9-12)15-10-21(11-20(2,3)22-19(27)23-21)26-18-14(15)7-8-16(24)17(18)25/h4-9,15,24-25H,10-11H2,1-3H3,(H2,22,23,27)/t15-,21-/m1/s1. The molecule has 2 atom stereocenters. The minimum absolute atomic E-state index is 0.00403. The molecule has 1 spiro atoms. The monoisotopic (exact) mass is 384 g/mol. The molecule has 0 radical (unpaired) electrons. The van der Waals surface area contributed by atoms with E-state index in [4.69, 9.17) is 17.0 Å². The number of aryl methyl sites for hydroxylation is 1. The molecule has 142 valence electrons. The maximum Gasteiger partial charge on any atom is 0.200 e. The molecule has 4 N–H and O–H groups in total. The van der Waals surface area contributed by atoms with Gasteiger partial charge in [0.2, 0.25) is 5.75 Å². The van der Waals surface area contributed by atoms with Gasteiger partial charge in [-0.25, -0.2) is 0 Å². The number of rotatable bonds is 1. The molecular weight excluding hydrogens is 360 g/mol. The lowest BCUT2D eigenvalue weighted by molar-refractivity contribution is -0.0150. The molecule has 0 amide bonds. The number of phenols is 2. The predicted molar refractivity (Wildman–Crippen MR) is 108 cm³/mol. The number of phenolic OH excluding ortho intramolecular Hbond substituents is 2. The van der Waals surface area contributed by atoms with E-state index in [9.17, 15) is 10.2 Å². The van der Waals surface area contributed by atoms with Crippen LogP contribution in [0, 0.1) is 6.92 Å². The van der Waals surface area contributed by atoms with E-state index in [1.807, 2.05) is 12.1 Å². The van der Waals surface area contributed by atoms with Crippen molar-refractivity contribution in [2.75, 3.05) is 0 Å². The summed E-state index contributed by atoms with van der Waals surface area (Å²) in [5.74, 6) is -0.0945. The lowest BCUT2D eigenvalue weighted by Gasteiger charge is -2.50. The van der Waals surface area contributed by atoms with Crippen LogP contribution in [0.2, 0.25) is 0 Å². The van der Waals surface area contributed by atoms with Crippen LogP contribution < -0.4 is 15.4 Å². The number of ether oxygens (including phenoxy) is 1. The fraction of sp³-hybridized carbons (Fsp3) is 0.381. The van der Waals surface area contributed by atoms with E-state index in [1.54, 1.807) is 0 Å². The topological polar surface area (TPSA) is 73.8 Å². The summed E-state index contributed by atoms with van der Waals surface area (Å²) in [7, 11) is 0. The fourth-order valence-corrected chi connectivity index (χ4v) is 4.81. The third kappa shape index (κ3) is 3.18. The molecule has 0 unspecified atom stereocenters. The van der Waals surface area contributed by atoms with Crippen molar-refractivity contribution >= 4 is 17.3 Å². The van der Waals surface area contributed by atoms with Gasteiger partial charge in [-0.2, -0.15) is 0 Å². The molecule has 1 saturated heterocycles. The summed E-state index contributed by atoms with van der Waals surface area (Å²) in [6.45, 7) is 6.21. The minimum Gasteiger partial charge on any atom is -0.504 e. The second kappa shape index (κ2) is 6.02. The number of aromatic hydroxyl groups is 2. The van der Waals surface area contributed by atoms with Crippen LogP contribution in [-0.4, -0.2) is 26.6 Å². The summed E-state index contributed by atoms with van der Waals surface area (Å²) >= 11 is 5.43. The Hall–Kier alpha value is -2.47. The number of fused-ring (bicyclic) bond motifs is 1. The average Bonchev–Trinajstić information content (AvgIpc) is 2.56. The van der Waals surface area contributed by atoms with Crippen molar-refractivity contribution in [2.45, 2.75) is 50.8 Å². The first kappa shape index (κ1) is 17.9. The Kier molecular flexibility index (Phi) is 4.00.